The molecular formula is C19H24N4O3. The Labute approximate surface area is 153 Å². The Kier molecular flexibility index (Phi) is 5.55. The van der Waals surface area contributed by atoms with E-state index in [0.29, 0.717) is 23.1 Å². The molecule has 0 radical (unpaired) electrons. The highest BCUT2D eigenvalue weighted by atomic mass is 16.5. The second kappa shape index (κ2) is 8.03. The zero-order valence-corrected chi connectivity index (χ0v) is 15.4. The van der Waals surface area contributed by atoms with Gasteiger partial charge in [-0.05, 0) is 43.0 Å². The molecule has 1 aliphatic rings. The molecule has 1 aromatic heterocycles. The number of amides is 1. The van der Waals surface area contributed by atoms with Crippen LogP contribution in [0.5, 0.6) is 11.5 Å². The van der Waals surface area contributed by atoms with Gasteiger partial charge in [-0.2, -0.15) is 0 Å². The summed E-state index contributed by atoms with van der Waals surface area (Å²) in [7, 11) is 3.12. The van der Waals surface area contributed by atoms with E-state index in [9.17, 15) is 4.79 Å². The van der Waals surface area contributed by atoms with Crippen LogP contribution in [0.2, 0.25) is 0 Å². The van der Waals surface area contributed by atoms with Crippen LogP contribution in [0.1, 0.15) is 30.3 Å². The van der Waals surface area contributed by atoms with Gasteiger partial charge in [-0.3, -0.25) is 4.79 Å². The summed E-state index contributed by atoms with van der Waals surface area (Å²) in [4.78, 5) is 14.7. The van der Waals surface area contributed by atoms with Gasteiger partial charge in [0.1, 0.15) is 11.5 Å². The number of anilines is 2. The monoisotopic (exact) mass is 356 g/mol. The Morgan fingerprint density at radius 3 is 2.69 bits per heavy atom. The molecule has 1 fully saturated rings. The van der Waals surface area contributed by atoms with E-state index < -0.39 is 0 Å². The van der Waals surface area contributed by atoms with Gasteiger partial charge in [0.05, 0.1) is 19.9 Å². The molecule has 1 amide bonds. The SMILES string of the molecule is COc1ccc(NC(=O)c2ccc(N3CCCC(C)C3)nn2)c(OC)c1. The first kappa shape index (κ1) is 18.0. The van der Waals surface area contributed by atoms with Crippen LogP contribution in [0, 0.1) is 5.92 Å². The fraction of sp³-hybridized carbons (Fsp3) is 0.421. The van der Waals surface area contributed by atoms with Crippen molar-refractivity contribution >= 4 is 17.4 Å². The fourth-order valence-electron chi connectivity index (χ4n) is 3.10. The summed E-state index contributed by atoms with van der Waals surface area (Å²) >= 11 is 0. The molecular weight excluding hydrogens is 332 g/mol. The van der Waals surface area contributed by atoms with E-state index in [-0.39, 0.29) is 11.6 Å². The Bertz CT molecular complexity index is 764. The summed E-state index contributed by atoms with van der Waals surface area (Å²) in [5.74, 6) is 2.30. The topological polar surface area (TPSA) is 76.6 Å². The average molecular weight is 356 g/mol. The molecule has 3 rings (SSSR count). The lowest BCUT2D eigenvalue weighted by Crippen LogP contribution is -2.35. The van der Waals surface area contributed by atoms with Crippen LogP contribution >= 0.6 is 0 Å². The first-order chi connectivity index (χ1) is 12.6. The van der Waals surface area contributed by atoms with E-state index in [0.717, 1.165) is 25.3 Å². The number of nitrogens with one attached hydrogen (secondary N) is 1. The van der Waals surface area contributed by atoms with Crippen LogP contribution in [0.15, 0.2) is 30.3 Å². The summed E-state index contributed by atoms with van der Waals surface area (Å²) in [6.07, 6.45) is 2.40. The number of rotatable bonds is 5. The number of carbonyl (C=O) groups excluding carboxylic acids is 1. The molecule has 0 bridgehead atoms. The van der Waals surface area contributed by atoms with E-state index in [1.54, 1.807) is 38.5 Å². The van der Waals surface area contributed by atoms with Gasteiger partial charge < -0.3 is 19.7 Å². The lowest BCUT2D eigenvalue weighted by Gasteiger charge is -2.31. The van der Waals surface area contributed by atoms with Gasteiger partial charge in [0.25, 0.3) is 5.91 Å². The molecule has 0 aliphatic carbocycles. The highest BCUT2D eigenvalue weighted by molar-refractivity contribution is 6.03. The molecule has 26 heavy (non-hydrogen) atoms. The number of hydrogen-bond donors (Lipinski definition) is 1. The van der Waals surface area contributed by atoms with Gasteiger partial charge in [0.15, 0.2) is 11.5 Å². The second-order valence-corrected chi connectivity index (χ2v) is 6.49. The maximum Gasteiger partial charge on any atom is 0.276 e. The van der Waals surface area contributed by atoms with E-state index in [1.165, 1.54) is 6.42 Å². The molecule has 1 atom stereocenters. The molecule has 1 aromatic carbocycles. The van der Waals surface area contributed by atoms with Crippen LogP contribution < -0.4 is 19.7 Å². The Morgan fingerprint density at radius 2 is 2.04 bits per heavy atom. The molecule has 1 N–H and O–H groups in total. The summed E-state index contributed by atoms with van der Waals surface area (Å²) < 4.78 is 10.5. The first-order valence-corrected chi connectivity index (χ1v) is 8.72. The van der Waals surface area contributed by atoms with Crippen molar-refractivity contribution < 1.29 is 14.3 Å². The van der Waals surface area contributed by atoms with E-state index >= 15 is 0 Å². The number of ether oxygens (including phenoxy) is 2. The standard InChI is InChI=1S/C19H24N4O3/c1-13-5-4-10-23(12-13)18-9-8-16(21-22-18)19(24)20-15-7-6-14(25-2)11-17(15)26-3/h6-9,11,13H,4-5,10,12H2,1-3H3,(H,20,24). The van der Waals surface area contributed by atoms with Crippen LogP contribution in [-0.2, 0) is 0 Å². The van der Waals surface area contributed by atoms with Gasteiger partial charge in [-0.15, -0.1) is 10.2 Å². The molecule has 1 aliphatic heterocycles. The molecule has 7 heteroatoms. The number of carbonyl (C=O) groups is 1. The quantitative estimate of drug-likeness (QED) is 0.887. The molecule has 1 unspecified atom stereocenters. The first-order valence-electron chi connectivity index (χ1n) is 8.72. The smallest absolute Gasteiger partial charge is 0.276 e. The summed E-state index contributed by atoms with van der Waals surface area (Å²) in [5, 5.41) is 11.1. The predicted octanol–water partition coefficient (Wildman–Crippen LogP) is 2.98. The minimum Gasteiger partial charge on any atom is -0.497 e. The third-order valence-corrected chi connectivity index (χ3v) is 4.52. The lowest BCUT2D eigenvalue weighted by molar-refractivity contribution is 0.102. The van der Waals surface area contributed by atoms with Gasteiger partial charge in [0, 0.05) is 19.2 Å². The van der Waals surface area contributed by atoms with Crippen molar-refractivity contribution in [1.82, 2.24) is 10.2 Å². The minimum atomic E-state index is -0.334. The normalized spacial score (nSPS) is 16.9. The third-order valence-electron chi connectivity index (χ3n) is 4.52. The van der Waals surface area contributed by atoms with Crippen LogP contribution in [0.4, 0.5) is 11.5 Å². The average Bonchev–Trinajstić information content (AvgIpc) is 2.68. The third kappa shape index (κ3) is 4.04. The number of aromatic nitrogens is 2. The van der Waals surface area contributed by atoms with E-state index in [2.05, 4.69) is 27.3 Å². The highest BCUT2D eigenvalue weighted by Crippen LogP contribution is 2.29. The molecule has 7 nitrogen and oxygen atoms in total. The number of nitrogens with zero attached hydrogens (tertiary/aromatic N) is 3. The van der Waals surface area contributed by atoms with E-state index in [4.69, 9.17) is 9.47 Å². The van der Waals surface area contributed by atoms with Crippen LogP contribution in [0.25, 0.3) is 0 Å². The van der Waals surface area contributed by atoms with Crippen molar-refractivity contribution in [3.05, 3.63) is 36.0 Å². The highest BCUT2D eigenvalue weighted by Gasteiger charge is 2.19. The Balaban J connectivity index is 1.70. The van der Waals surface area contributed by atoms with Crippen LogP contribution in [0.3, 0.4) is 0 Å². The van der Waals surface area contributed by atoms with Crippen molar-refractivity contribution in [2.24, 2.45) is 5.92 Å². The fourth-order valence-corrected chi connectivity index (χ4v) is 3.10. The Morgan fingerprint density at radius 1 is 1.19 bits per heavy atom. The van der Waals surface area contributed by atoms with Gasteiger partial charge >= 0.3 is 0 Å². The molecule has 0 saturated carbocycles. The largest absolute Gasteiger partial charge is 0.497 e. The lowest BCUT2D eigenvalue weighted by atomic mass is 10.0. The van der Waals surface area contributed by atoms with Crippen molar-refractivity contribution in [3.63, 3.8) is 0 Å². The molecule has 138 valence electrons. The maximum atomic E-state index is 12.5. The second-order valence-electron chi connectivity index (χ2n) is 6.49. The van der Waals surface area contributed by atoms with Crippen LogP contribution in [-0.4, -0.2) is 43.4 Å². The summed E-state index contributed by atoms with van der Waals surface area (Å²) in [6.45, 7) is 4.19. The van der Waals surface area contributed by atoms with Gasteiger partial charge in [0.2, 0.25) is 0 Å². The summed E-state index contributed by atoms with van der Waals surface area (Å²) in [5.41, 5.74) is 0.811. The molecule has 2 aromatic rings. The zero-order valence-electron chi connectivity index (χ0n) is 15.4. The van der Waals surface area contributed by atoms with Crippen molar-refractivity contribution in [2.45, 2.75) is 19.8 Å². The van der Waals surface area contributed by atoms with Gasteiger partial charge in [-0.1, -0.05) is 6.92 Å². The molecule has 1 saturated heterocycles. The number of hydrogen-bond acceptors (Lipinski definition) is 6. The minimum absolute atomic E-state index is 0.261. The number of benzene rings is 1. The molecule has 0 spiro atoms. The number of piperidine rings is 1. The summed E-state index contributed by atoms with van der Waals surface area (Å²) in [6, 6.07) is 8.75. The number of methoxy groups -OCH3 is 2. The van der Waals surface area contributed by atoms with Crippen molar-refractivity contribution in [2.75, 3.05) is 37.5 Å². The predicted molar refractivity (Wildman–Crippen MR) is 100 cm³/mol. The Hall–Kier alpha value is -2.83. The zero-order chi connectivity index (χ0) is 18.5. The van der Waals surface area contributed by atoms with Crippen molar-refractivity contribution in [3.8, 4) is 11.5 Å². The maximum absolute atomic E-state index is 12.5. The van der Waals surface area contributed by atoms with E-state index in [1.807, 2.05) is 6.07 Å². The van der Waals surface area contributed by atoms with Gasteiger partial charge in [-0.25, -0.2) is 0 Å². The molecule has 2 heterocycles. The van der Waals surface area contributed by atoms with Crippen molar-refractivity contribution in [1.29, 1.82) is 0 Å².